The molecule has 0 radical (unpaired) electrons. The summed E-state index contributed by atoms with van der Waals surface area (Å²) in [5, 5.41) is 1.77. The number of pyridine rings is 1. The number of fused-ring (bicyclic) bond motifs is 1. The van der Waals surface area contributed by atoms with Gasteiger partial charge in [0.25, 0.3) is 5.03 Å². The highest BCUT2D eigenvalue weighted by atomic mass is 32.2. The van der Waals surface area contributed by atoms with Crippen molar-refractivity contribution in [3.8, 4) is 0 Å². The quantitative estimate of drug-likeness (QED) is 0.520. The Morgan fingerprint density at radius 2 is 1.67 bits per heavy atom. The van der Waals surface area contributed by atoms with E-state index in [9.17, 15) is 4.55 Å². The van der Waals surface area contributed by atoms with Crippen molar-refractivity contribution >= 4 is 22.1 Å². The summed E-state index contributed by atoms with van der Waals surface area (Å²) in [5.41, 5.74) is 0.819. The number of aromatic nitrogens is 3. The Kier molecular flexibility index (Phi) is 2.92. The van der Waals surface area contributed by atoms with E-state index in [0.29, 0.717) is 5.03 Å². The molecule has 0 amide bonds. The van der Waals surface area contributed by atoms with Crippen molar-refractivity contribution in [2.45, 2.75) is 10.2 Å². The maximum Gasteiger partial charge on any atom is 0.350 e. The fraction of sp³-hybridized carbons (Fsp3) is 0. The third kappa shape index (κ3) is 2.05. The summed E-state index contributed by atoms with van der Waals surface area (Å²) in [6.07, 6.45) is 3.14. The second-order valence-electron chi connectivity index (χ2n) is 3.64. The molecule has 0 saturated carbocycles. The van der Waals surface area contributed by atoms with Gasteiger partial charge in [0.1, 0.15) is 0 Å². The molecule has 2 heterocycles. The molecular formula is C13H9N3OS. The summed E-state index contributed by atoms with van der Waals surface area (Å²) < 4.78 is 12.2. The molecule has 88 valence electrons. The Labute approximate surface area is 107 Å². The van der Waals surface area contributed by atoms with Gasteiger partial charge in [-0.1, -0.05) is 18.2 Å². The Morgan fingerprint density at radius 3 is 2.50 bits per heavy atom. The van der Waals surface area contributed by atoms with Crippen LogP contribution >= 0.6 is 0 Å². The second kappa shape index (κ2) is 4.72. The molecule has 2 aromatic heterocycles. The lowest BCUT2D eigenvalue weighted by molar-refractivity contribution is 0.582. The average Bonchev–Trinajstić information content (AvgIpc) is 2.47. The molecule has 0 spiro atoms. The number of para-hydroxylation sites is 1. The zero-order valence-corrected chi connectivity index (χ0v) is 10.2. The Hall–Kier alpha value is -1.98. The van der Waals surface area contributed by atoms with E-state index in [1.165, 1.54) is 0 Å². The summed E-state index contributed by atoms with van der Waals surface area (Å²) in [6, 6.07) is 13.0. The largest absolute Gasteiger partial charge is 0.603 e. The van der Waals surface area contributed by atoms with Crippen molar-refractivity contribution in [2.24, 2.45) is 0 Å². The molecule has 0 aliphatic carbocycles. The lowest BCUT2D eigenvalue weighted by Crippen LogP contribution is -2.08. The number of hydrogen-bond donors (Lipinski definition) is 0. The number of rotatable bonds is 2. The first-order chi connectivity index (χ1) is 8.84. The summed E-state index contributed by atoms with van der Waals surface area (Å²) in [5.74, 6) is 0. The standard InChI is InChI=1S/C13H9N3OS/c17-18(13-14-8-3-9-15-13)12-7-6-10-4-1-2-5-11(10)16-12/h1-9H. The van der Waals surface area contributed by atoms with Crippen molar-refractivity contribution in [2.75, 3.05) is 0 Å². The minimum Gasteiger partial charge on any atom is -0.603 e. The average molecular weight is 255 g/mol. The summed E-state index contributed by atoms with van der Waals surface area (Å²) in [6.45, 7) is 0. The van der Waals surface area contributed by atoms with Crippen LogP contribution in [0.15, 0.2) is 65.0 Å². The van der Waals surface area contributed by atoms with Gasteiger partial charge in [-0.2, -0.15) is 9.97 Å². The molecule has 0 aliphatic rings. The topological polar surface area (TPSA) is 61.7 Å². The van der Waals surface area contributed by atoms with E-state index in [1.807, 2.05) is 30.3 Å². The molecule has 18 heavy (non-hydrogen) atoms. The van der Waals surface area contributed by atoms with Crippen LogP contribution in [-0.4, -0.2) is 19.5 Å². The first kappa shape index (κ1) is 11.1. The van der Waals surface area contributed by atoms with E-state index < -0.39 is 11.2 Å². The predicted octanol–water partition coefficient (Wildman–Crippen LogP) is 2.19. The molecule has 3 aromatic rings. The summed E-state index contributed by atoms with van der Waals surface area (Å²) in [7, 11) is 0. The number of hydrogen-bond acceptors (Lipinski definition) is 4. The van der Waals surface area contributed by atoms with Gasteiger partial charge in [0, 0.05) is 23.8 Å². The zero-order valence-electron chi connectivity index (χ0n) is 9.35. The number of nitrogens with zero attached hydrogens (tertiary/aromatic N) is 3. The SMILES string of the molecule is [O-][S+](c1ccc2ccccc2n1)c1ncccn1. The van der Waals surface area contributed by atoms with Gasteiger partial charge in [-0.05, 0) is 18.2 Å². The molecule has 0 saturated heterocycles. The molecule has 1 atom stereocenters. The predicted molar refractivity (Wildman–Crippen MR) is 68.4 cm³/mol. The zero-order chi connectivity index (χ0) is 12.4. The molecule has 4 nitrogen and oxygen atoms in total. The minimum atomic E-state index is -1.44. The highest BCUT2D eigenvalue weighted by molar-refractivity contribution is 7.91. The molecule has 0 bridgehead atoms. The smallest absolute Gasteiger partial charge is 0.350 e. The van der Waals surface area contributed by atoms with Crippen LogP contribution in [0.5, 0.6) is 0 Å². The van der Waals surface area contributed by atoms with Crippen molar-refractivity contribution in [3.05, 3.63) is 54.9 Å². The molecule has 0 aliphatic heterocycles. The molecule has 0 fully saturated rings. The minimum absolute atomic E-state index is 0.278. The molecule has 1 unspecified atom stereocenters. The normalized spacial score (nSPS) is 12.5. The lowest BCUT2D eigenvalue weighted by atomic mass is 10.2. The van der Waals surface area contributed by atoms with Crippen LogP contribution in [0.25, 0.3) is 10.9 Å². The highest BCUT2D eigenvalue weighted by Gasteiger charge is 2.19. The van der Waals surface area contributed by atoms with E-state index in [2.05, 4.69) is 15.0 Å². The lowest BCUT2D eigenvalue weighted by Gasteiger charge is -2.06. The molecule has 0 N–H and O–H groups in total. The van der Waals surface area contributed by atoms with Crippen LogP contribution < -0.4 is 0 Å². The van der Waals surface area contributed by atoms with E-state index in [4.69, 9.17) is 0 Å². The third-order valence-corrected chi connectivity index (χ3v) is 3.62. The molecule has 5 heteroatoms. The van der Waals surface area contributed by atoms with E-state index >= 15 is 0 Å². The van der Waals surface area contributed by atoms with E-state index in [1.54, 1.807) is 24.5 Å². The second-order valence-corrected chi connectivity index (χ2v) is 4.96. The van der Waals surface area contributed by atoms with Crippen LogP contribution in [-0.2, 0) is 11.2 Å². The van der Waals surface area contributed by atoms with Crippen molar-refractivity contribution in [3.63, 3.8) is 0 Å². The van der Waals surface area contributed by atoms with Gasteiger partial charge >= 0.3 is 5.16 Å². The first-order valence-electron chi connectivity index (χ1n) is 5.39. The highest BCUT2D eigenvalue weighted by Crippen LogP contribution is 2.18. The van der Waals surface area contributed by atoms with Gasteiger partial charge in [-0.25, -0.2) is 4.98 Å². The fourth-order valence-corrected chi connectivity index (χ4v) is 2.50. The maximum absolute atomic E-state index is 12.2. The summed E-state index contributed by atoms with van der Waals surface area (Å²) in [4.78, 5) is 12.3. The Balaban J connectivity index is 2.04. The molecule has 3 rings (SSSR count). The van der Waals surface area contributed by atoms with Crippen LogP contribution in [0, 0.1) is 0 Å². The summed E-state index contributed by atoms with van der Waals surface area (Å²) >= 11 is -1.44. The monoisotopic (exact) mass is 255 g/mol. The van der Waals surface area contributed by atoms with Gasteiger partial charge in [0.2, 0.25) is 0 Å². The van der Waals surface area contributed by atoms with Gasteiger partial charge < -0.3 is 4.55 Å². The van der Waals surface area contributed by atoms with Gasteiger partial charge in [-0.15, -0.1) is 0 Å². The van der Waals surface area contributed by atoms with Crippen LogP contribution in [0.3, 0.4) is 0 Å². The van der Waals surface area contributed by atoms with Crippen molar-refractivity contribution < 1.29 is 4.55 Å². The Bertz CT molecular complexity index is 675. The van der Waals surface area contributed by atoms with Crippen molar-refractivity contribution in [1.82, 2.24) is 15.0 Å². The van der Waals surface area contributed by atoms with Crippen LogP contribution in [0.1, 0.15) is 0 Å². The van der Waals surface area contributed by atoms with Gasteiger partial charge in [-0.3, -0.25) is 0 Å². The van der Waals surface area contributed by atoms with E-state index in [0.717, 1.165) is 10.9 Å². The Morgan fingerprint density at radius 1 is 0.889 bits per heavy atom. The third-order valence-electron chi connectivity index (χ3n) is 2.47. The van der Waals surface area contributed by atoms with Gasteiger partial charge in [0.05, 0.1) is 16.7 Å². The molecular weight excluding hydrogens is 246 g/mol. The first-order valence-corrected chi connectivity index (χ1v) is 6.54. The molecule has 1 aromatic carbocycles. The van der Waals surface area contributed by atoms with Crippen LogP contribution in [0.4, 0.5) is 0 Å². The van der Waals surface area contributed by atoms with Gasteiger partial charge in [0.15, 0.2) is 0 Å². The van der Waals surface area contributed by atoms with E-state index in [-0.39, 0.29) is 5.16 Å². The number of benzene rings is 1. The fourth-order valence-electron chi connectivity index (χ4n) is 1.63. The van der Waals surface area contributed by atoms with Crippen LogP contribution in [0.2, 0.25) is 0 Å². The maximum atomic E-state index is 12.2. The van der Waals surface area contributed by atoms with Crippen molar-refractivity contribution in [1.29, 1.82) is 0 Å².